The van der Waals surface area contributed by atoms with Gasteiger partial charge in [0.25, 0.3) is 0 Å². The Hall–Kier alpha value is -0.300. The lowest BCUT2D eigenvalue weighted by atomic mass is 10.1. The Morgan fingerprint density at radius 1 is 1.17 bits per heavy atom. The summed E-state index contributed by atoms with van der Waals surface area (Å²) in [7, 11) is 6.76. The van der Waals surface area contributed by atoms with E-state index in [1.807, 2.05) is 0 Å². The zero-order chi connectivity index (χ0) is 9.61. The fourth-order valence-electron chi connectivity index (χ4n) is 1.36. The molecule has 0 aromatic carbocycles. The minimum Gasteiger partial charge on any atom is -0.325 e. The van der Waals surface area contributed by atoms with E-state index < -0.39 is 0 Å². The Morgan fingerprint density at radius 3 is 2.08 bits per heavy atom. The van der Waals surface area contributed by atoms with Gasteiger partial charge >= 0.3 is 0 Å². The van der Waals surface area contributed by atoms with Gasteiger partial charge in [0.2, 0.25) is 0 Å². The van der Waals surface area contributed by atoms with Gasteiger partial charge in [0.1, 0.15) is 6.04 Å². The van der Waals surface area contributed by atoms with E-state index in [1.54, 1.807) is 0 Å². The highest BCUT2D eigenvalue weighted by molar-refractivity contribution is 4.88. The molecule has 1 unspecified atom stereocenters. The van der Waals surface area contributed by atoms with Crippen LogP contribution in [0.25, 0.3) is 0 Å². The highest BCUT2D eigenvalue weighted by atomic mass is 15.3. The normalized spacial score (nSPS) is 15.4. The van der Waals surface area contributed by atoms with Gasteiger partial charge in [-0.1, -0.05) is 26.3 Å². The number of likely N-dealkylation sites (N-methyl/N-ethyl adjacent to an activating group) is 1. The molecule has 0 radical (unpaired) electrons. The van der Waals surface area contributed by atoms with Gasteiger partial charge < -0.3 is 4.48 Å². The largest absolute Gasteiger partial charge is 0.325 e. The van der Waals surface area contributed by atoms with Crippen LogP contribution in [0.4, 0.5) is 0 Å². The van der Waals surface area contributed by atoms with Gasteiger partial charge in [-0.15, -0.1) is 0 Å². The van der Waals surface area contributed by atoms with Crippen molar-refractivity contribution < 1.29 is 4.48 Å². The van der Waals surface area contributed by atoms with Crippen molar-refractivity contribution in [1.29, 1.82) is 0 Å². The van der Waals surface area contributed by atoms with E-state index in [9.17, 15) is 0 Å². The molecule has 0 aliphatic heterocycles. The van der Waals surface area contributed by atoms with E-state index in [1.165, 1.54) is 19.3 Å². The maximum Gasteiger partial charge on any atom is 0.107 e. The van der Waals surface area contributed by atoms with Gasteiger partial charge in [0.15, 0.2) is 0 Å². The Bertz CT molecular complexity index is 130. The predicted octanol–water partition coefficient (Wildman–Crippen LogP) is 2.83. The van der Waals surface area contributed by atoms with Gasteiger partial charge in [-0.25, -0.2) is 0 Å². The lowest BCUT2D eigenvalue weighted by Crippen LogP contribution is -2.43. The van der Waals surface area contributed by atoms with Gasteiger partial charge in [-0.05, 0) is 12.5 Å². The van der Waals surface area contributed by atoms with E-state index in [4.69, 9.17) is 0 Å². The molecule has 0 saturated carbocycles. The first kappa shape index (κ1) is 11.7. The summed E-state index contributed by atoms with van der Waals surface area (Å²) in [5, 5.41) is 0. The molecule has 0 bridgehead atoms. The van der Waals surface area contributed by atoms with E-state index in [0.29, 0.717) is 6.04 Å². The van der Waals surface area contributed by atoms with Crippen LogP contribution < -0.4 is 0 Å². The maximum atomic E-state index is 2.36. The highest BCUT2D eigenvalue weighted by Gasteiger charge is 2.17. The summed E-state index contributed by atoms with van der Waals surface area (Å²) in [6, 6.07) is 0.677. The summed E-state index contributed by atoms with van der Waals surface area (Å²) >= 11 is 0. The molecule has 0 amide bonds. The lowest BCUT2D eigenvalue weighted by molar-refractivity contribution is -0.889. The van der Waals surface area contributed by atoms with Crippen LogP contribution in [-0.2, 0) is 0 Å². The summed E-state index contributed by atoms with van der Waals surface area (Å²) in [5.41, 5.74) is 0. The molecular formula is C11H24N+. The number of hydrogen-bond donors (Lipinski definition) is 0. The predicted molar refractivity (Wildman–Crippen MR) is 56.2 cm³/mol. The molecule has 1 atom stereocenters. The number of allylic oxidation sites excluding steroid dienone is 1. The Labute approximate surface area is 77.7 Å². The third-order valence-corrected chi connectivity index (χ3v) is 2.23. The molecule has 0 rings (SSSR count). The third kappa shape index (κ3) is 4.55. The first-order valence-electron chi connectivity index (χ1n) is 5.00. The average molecular weight is 170 g/mol. The summed E-state index contributed by atoms with van der Waals surface area (Å²) < 4.78 is 1.04. The topological polar surface area (TPSA) is 0 Å². The first-order chi connectivity index (χ1) is 5.52. The highest BCUT2D eigenvalue weighted by Crippen LogP contribution is 2.09. The summed E-state index contributed by atoms with van der Waals surface area (Å²) in [4.78, 5) is 0. The van der Waals surface area contributed by atoms with E-state index >= 15 is 0 Å². The van der Waals surface area contributed by atoms with Crippen molar-refractivity contribution in [3.05, 3.63) is 12.2 Å². The van der Waals surface area contributed by atoms with Crippen LogP contribution in [0.15, 0.2) is 12.2 Å². The van der Waals surface area contributed by atoms with Crippen molar-refractivity contribution in [2.45, 2.75) is 39.2 Å². The molecule has 0 aromatic heterocycles. The third-order valence-electron chi connectivity index (χ3n) is 2.23. The van der Waals surface area contributed by atoms with E-state index in [0.717, 1.165) is 4.48 Å². The monoisotopic (exact) mass is 170 g/mol. The van der Waals surface area contributed by atoms with Crippen LogP contribution in [0, 0.1) is 0 Å². The van der Waals surface area contributed by atoms with Crippen molar-refractivity contribution in [1.82, 2.24) is 0 Å². The van der Waals surface area contributed by atoms with Gasteiger partial charge in [-0.3, -0.25) is 0 Å². The molecule has 0 N–H and O–H groups in total. The first-order valence-corrected chi connectivity index (χ1v) is 5.00. The van der Waals surface area contributed by atoms with Crippen molar-refractivity contribution in [3.8, 4) is 0 Å². The molecule has 0 aromatic rings. The minimum absolute atomic E-state index is 0.677. The van der Waals surface area contributed by atoms with Crippen molar-refractivity contribution >= 4 is 0 Å². The summed E-state index contributed by atoms with van der Waals surface area (Å²) in [6.07, 6.45) is 8.38. The van der Waals surface area contributed by atoms with Crippen LogP contribution in [0.3, 0.4) is 0 Å². The van der Waals surface area contributed by atoms with Gasteiger partial charge in [0, 0.05) is 6.42 Å². The summed E-state index contributed by atoms with van der Waals surface area (Å²) in [6.45, 7) is 4.47. The molecule has 0 aliphatic carbocycles. The standard InChI is InChI=1S/C11H24N/c1-6-8-9-10-11(7-2)12(3,4)5/h9-11H,6-8H2,1-5H3/q+1. The second kappa shape index (κ2) is 5.36. The Morgan fingerprint density at radius 2 is 1.75 bits per heavy atom. The molecule has 0 spiro atoms. The van der Waals surface area contributed by atoms with Gasteiger partial charge in [-0.2, -0.15) is 0 Å². The number of rotatable bonds is 5. The maximum absolute atomic E-state index is 2.36. The van der Waals surface area contributed by atoms with Crippen LogP contribution in [0.5, 0.6) is 0 Å². The van der Waals surface area contributed by atoms with Crippen LogP contribution in [0.2, 0.25) is 0 Å². The quantitative estimate of drug-likeness (QED) is 0.439. The molecule has 0 heterocycles. The molecule has 0 saturated heterocycles. The van der Waals surface area contributed by atoms with Crippen LogP contribution in [0.1, 0.15) is 33.1 Å². The number of nitrogens with zero attached hydrogens (tertiary/aromatic N) is 1. The SMILES string of the molecule is CCCC=CC(CC)[N+](C)(C)C. The van der Waals surface area contributed by atoms with Gasteiger partial charge in [0.05, 0.1) is 21.1 Å². The molecule has 0 aliphatic rings. The average Bonchev–Trinajstić information content (AvgIpc) is 1.95. The summed E-state index contributed by atoms with van der Waals surface area (Å²) in [5.74, 6) is 0. The molecular weight excluding hydrogens is 146 g/mol. The van der Waals surface area contributed by atoms with Crippen molar-refractivity contribution in [3.63, 3.8) is 0 Å². The molecule has 1 nitrogen and oxygen atoms in total. The molecule has 0 fully saturated rings. The minimum atomic E-state index is 0.677. The zero-order valence-electron chi connectivity index (χ0n) is 9.30. The molecule has 12 heavy (non-hydrogen) atoms. The lowest BCUT2D eigenvalue weighted by Gasteiger charge is -2.31. The smallest absolute Gasteiger partial charge is 0.107 e. The van der Waals surface area contributed by atoms with E-state index in [-0.39, 0.29) is 0 Å². The fourth-order valence-corrected chi connectivity index (χ4v) is 1.36. The van der Waals surface area contributed by atoms with Crippen LogP contribution >= 0.6 is 0 Å². The Kier molecular flexibility index (Phi) is 5.23. The van der Waals surface area contributed by atoms with Crippen molar-refractivity contribution in [2.75, 3.05) is 21.1 Å². The van der Waals surface area contributed by atoms with Crippen LogP contribution in [-0.4, -0.2) is 31.7 Å². The second-order valence-corrected chi connectivity index (χ2v) is 4.31. The number of unbranched alkanes of at least 4 members (excludes halogenated alkanes) is 1. The molecule has 1 heteroatoms. The number of quaternary nitrogens is 1. The van der Waals surface area contributed by atoms with E-state index in [2.05, 4.69) is 47.1 Å². The molecule has 72 valence electrons. The Balaban J connectivity index is 4.00. The second-order valence-electron chi connectivity index (χ2n) is 4.31. The zero-order valence-corrected chi connectivity index (χ0v) is 9.30. The number of hydrogen-bond acceptors (Lipinski definition) is 0. The fraction of sp³-hybridized carbons (Fsp3) is 0.818. The van der Waals surface area contributed by atoms with Crippen molar-refractivity contribution in [2.24, 2.45) is 0 Å².